The molecule has 3 rings (SSSR count). The average Bonchev–Trinajstić information content (AvgIpc) is 2.60. The van der Waals surface area contributed by atoms with E-state index in [2.05, 4.69) is 0 Å². The second kappa shape index (κ2) is 6.56. The fourth-order valence-electron chi connectivity index (χ4n) is 2.45. The minimum absolute atomic E-state index is 0.233. The van der Waals surface area contributed by atoms with E-state index in [1.54, 1.807) is 24.3 Å². The number of barbiturate groups is 1. The quantitative estimate of drug-likeness (QED) is 0.688. The number of hydrogen-bond donors (Lipinski definition) is 1. The molecule has 126 valence electrons. The first-order valence-electron chi connectivity index (χ1n) is 7.32. The van der Waals surface area contributed by atoms with Crippen LogP contribution in [0.3, 0.4) is 0 Å². The van der Waals surface area contributed by atoms with Gasteiger partial charge in [-0.3, -0.25) is 14.9 Å². The summed E-state index contributed by atoms with van der Waals surface area (Å²) in [5.41, 5.74) is -0.0536. The van der Waals surface area contributed by atoms with Crippen LogP contribution < -0.4 is 15.0 Å². The number of methoxy groups -OCH3 is 1. The van der Waals surface area contributed by atoms with E-state index in [0.717, 1.165) is 6.07 Å². The number of rotatable bonds is 3. The summed E-state index contributed by atoms with van der Waals surface area (Å²) in [5, 5.41) is 2.04. The Kier molecular flexibility index (Phi) is 4.30. The number of ether oxygens (including phenoxy) is 1. The van der Waals surface area contributed by atoms with Gasteiger partial charge in [0.1, 0.15) is 17.1 Å². The fourth-order valence-corrected chi connectivity index (χ4v) is 2.45. The van der Waals surface area contributed by atoms with Gasteiger partial charge in [-0.15, -0.1) is 0 Å². The van der Waals surface area contributed by atoms with Crippen molar-refractivity contribution < 1.29 is 23.5 Å². The normalized spacial score (nSPS) is 16.2. The molecule has 0 spiro atoms. The van der Waals surface area contributed by atoms with E-state index < -0.39 is 23.7 Å². The van der Waals surface area contributed by atoms with Crippen molar-refractivity contribution in [2.75, 3.05) is 12.0 Å². The van der Waals surface area contributed by atoms with Gasteiger partial charge in [-0.2, -0.15) is 0 Å². The summed E-state index contributed by atoms with van der Waals surface area (Å²) in [7, 11) is 1.45. The number of benzene rings is 2. The first-order valence-corrected chi connectivity index (χ1v) is 7.32. The Bertz CT molecular complexity index is 907. The van der Waals surface area contributed by atoms with Crippen LogP contribution in [0.25, 0.3) is 6.08 Å². The largest absolute Gasteiger partial charge is 0.496 e. The molecule has 1 heterocycles. The minimum Gasteiger partial charge on any atom is -0.496 e. The van der Waals surface area contributed by atoms with E-state index in [-0.39, 0.29) is 11.3 Å². The highest BCUT2D eigenvalue weighted by molar-refractivity contribution is 6.39. The highest BCUT2D eigenvalue weighted by Crippen LogP contribution is 2.26. The molecule has 1 fully saturated rings. The Hall–Kier alpha value is -3.48. The second-order valence-corrected chi connectivity index (χ2v) is 5.15. The molecule has 0 aliphatic carbocycles. The lowest BCUT2D eigenvalue weighted by molar-refractivity contribution is -0.122. The summed E-state index contributed by atoms with van der Waals surface area (Å²) >= 11 is 0. The van der Waals surface area contributed by atoms with Gasteiger partial charge in [0.15, 0.2) is 0 Å². The molecule has 0 bridgehead atoms. The van der Waals surface area contributed by atoms with Gasteiger partial charge in [-0.25, -0.2) is 14.1 Å². The lowest BCUT2D eigenvalue weighted by Crippen LogP contribution is -2.54. The number of para-hydroxylation sites is 2. The minimum atomic E-state index is -1.00. The molecule has 0 saturated carbocycles. The zero-order valence-corrected chi connectivity index (χ0v) is 13.2. The van der Waals surface area contributed by atoms with Crippen LogP contribution in [0, 0.1) is 5.82 Å². The topological polar surface area (TPSA) is 75.7 Å². The Morgan fingerprint density at radius 3 is 2.44 bits per heavy atom. The van der Waals surface area contributed by atoms with Gasteiger partial charge < -0.3 is 4.74 Å². The molecule has 1 aliphatic rings. The highest BCUT2D eigenvalue weighted by atomic mass is 19.1. The molecule has 0 radical (unpaired) electrons. The van der Waals surface area contributed by atoms with Gasteiger partial charge in [0, 0.05) is 5.56 Å². The van der Waals surface area contributed by atoms with Crippen LogP contribution in [0.15, 0.2) is 54.1 Å². The third-order valence-electron chi connectivity index (χ3n) is 3.63. The van der Waals surface area contributed by atoms with Gasteiger partial charge in [0.05, 0.1) is 12.8 Å². The molecule has 0 unspecified atom stereocenters. The van der Waals surface area contributed by atoms with Gasteiger partial charge >= 0.3 is 6.03 Å². The summed E-state index contributed by atoms with van der Waals surface area (Å²) in [5.74, 6) is -2.07. The van der Waals surface area contributed by atoms with E-state index in [4.69, 9.17) is 4.74 Å². The van der Waals surface area contributed by atoms with Crippen LogP contribution in [0.4, 0.5) is 14.9 Å². The maximum absolute atomic E-state index is 14.0. The molecule has 2 aromatic carbocycles. The van der Waals surface area contributed by atoms with Gasteiger partial charge in [0.25, 0.3) is 11.8 Å². The summed E-state index contributed by atoms with van der Waals surface area (Å²) in [4.78, 5) is 37.4. The van der Waals surface area contributed by atoms with Crippen molar-refractivity contribution >= 4 is 29.6 Å². The second-order valence-electron chi connectivity index (χ2n) is 5.15. The first-order chi connectivity index (χ1) is 12.0. The van der Waals surface area contributed by atoms with E-state index in [0.29, 0.717) is 16.2 Å². The van der Waals surface area contributed by atoms with E-state index >= 15 is 0 Å². The molecule has 4 amide bonds. The molecule has 7 heteroatoms. The number of halogens is 1. The summed E-state index contributed by atoms with van der Waals surface area (Å²) in [6.45, 7) is 0. The lowest BCUT2D eigenvalue weighted by atomic mass is 10.1. The number of nitrogens with one attached hydrogen (secondary N) is 1. The molecule has 0 atom stereocenters. The van der Waals surface area contributed by atoms with Crippen molar-refractivity contribution in [2.24, 2.45) is 0 Å². The predicted molar refractivity (Wildman–Crippen MR) is 88.4 cm³/mol. The zero-order chi connectivity index (χ0) is 18.0. The highest BCUT2D eigenvalue weighted by Gasteiger charge is 2.38. The van der Waals surface area contributed by atoms with Gasteiger partial charge in [0.2, 0.25) is 0 Å². The summed E-state index contributed by atoms with van der Waals surface area (Å²) in [6, 6.07) is 11.1. The Balaban J connectivity index is 2.07. The van der Waals surface area contributed by atoms with Crippen LogP contribution >= 0.6 is 0 Å². The van der Waals surface area contributed by atoms with Gasteiger partial charge in [-0.05, 0) is 24.3 Å². The predicted octanol–water partition coefficient (Wildman–Crippen LogP) is 2.50. The Morgan fingerprint density at radius 2 is 1.72 bits per heavy atom. The Labute approximate surface area is 142 Å². The van der Waals surface area contributed by atoms with Crippen molar-refractivity contribution in [3.8, 4) is 5.75 Å². The lowest BCUT2D eigenvalue weighted by Gasteiger charge is -2.26. The number of nitrogens with zero attached hydrogens (tertiary/aromatic N) is 1. The number of carbonyl (C=O) groups is 3. The number of amides is 4. The third-order valence-corrected chi connectivity index (χ3v) is 3.63. The molecule has 1 saturated heterocycles. The molecule has 1 aliphatic heterocycles. The molecule has 0 aromatic heterocycles. The van der Waals surface area contributed by atoms with E-state index in [9.17, 15) is 18.8 Å². The molecular formula is C18H13FN2O4. The van der Waals surface area contributed by atoms with Crippen molar-refractivity contribution in [2.45, 2.75) is 0 Å². The monoisotopic (exact) mass is 340 g/mol. The molecule has 1 N–H and O–H groups in total. The van der Waals surface area contributed by atoms with Crippen LogP contribution in [-0.4, -0.2) is 25.0 Å². The molecular weight excluding hydrogens is 327 g/mol. The number of hydrogen-bond acceptors (Lipinski definition) is 4. The third kappa shape index (κ3) is 2.99. The molecule has 25 heavy (non-hydrogen) atoms. The number of carbonyl (C=O) groups excluding carboxylic acids is 3. The average molecular weight is 340 g/mol. The van der Waals surface area contributed by atoms with Crippen molar-refractivity contribution in [1.29, 1.82) is 0 Å². The van der Waals surface area contributed by atoms with Crippen LogP contribution in [0.1, 0.15) is 5.56 Å². The molecule has 2 aromatic rings. The maximum Gasteiger partial charge on any atom is 0.336 e. The van der Waals surface area contributed by atoms with E-state index in [1.165, 1.54) is 31.4 Å². The van der Waals surface area contributed by atoms with Crippen LogP contribution in [-0.2, 0) is 9.59 Å². The first kappa shape index (κ1) is 16.4. The number of urea groups is 1. The number of anilines is 1. The van der Waals surface area contributed by atoms with Crippen molar-refractivity contribution in [3.05, 3.63) is 65.5 Å². The SMILES string of the molecule is COc1ccccc1C=C1C(=O)NC(=O)N(c2ccccc2F)C1=O. The number of imide groups is 2. The Morgan fingerprint density at radius 1 is 1.04 bits per heavy atom. The van der Waals surface area contributed by atoms with Gasteiger partial charge in [-0.1, -0.05) is 30.3 Å². The fraction of sp³-hybridized carbons (Fsp3) is 0.0556. The van der Waals surface area contributed by atoms with E-state index in [1.807, 2.05) is 5.32 Å². The summed E-state index contributed by atoms with van der Waals surface area (Å²) in [6.07, 6.45) is 1.30. The van der Waals surface area contributed by atoms with Crippen molar-refractivity contribution in [1.82, 2.24) is 5.32 Å². The molecule has 6 nitrogen and oxygen atoms in total. The maximum atomic E-state index is 14.0. The zero-order valence-electron chi connectivity index (χ0n) is 13.2. The smallest absolute Gasteiger partial charge is 0.336 e. The standard InChI is InChI=1S/C18H13FN2O4/c1-25-15-9-5-2-6-11(15)10-12-16(22)20-18(24)21(17(12)23)14-8-4-3-7-13(14)19/h2-10H,1H3,(H,20,22,24). The van der Waals surface area contributed by atoms with Crippen molar-refractivity contribution in [3.63, 3.8) is 0 Å². The van der Waals surface area contributed by atoms with Crippen LogP contribution in [0.2, 0.25) is 0 Å². The summed E-state index contributed by atoms with van der Waals surface area (Å²) < 4.78 is 19.2. The van der Waals surface area contributed by atoms with Crippen LogP contribution in [0.5, 0.6) is 5.75 Å².